The van der Waals surface area contributed by atoms with Gasteiger partial charge in [0.1, 0.15) is 21.9 Å². The van der Waals surface area contributed by atoms with Gasteiger partial charge >= 0.3 is 0 Å². The summed E-state index contributed by atoms with van der Waals surface area (Å²) in [5, 5.41) is 4.41. The molecule has 1 aliphatic rings. The Morgan fingerprint density at radius 3 is 3.14 bits per heavy atom. The molecule has 0 unspecified atom stereocenters. The molecule has 0 bridgehead atoms. The molecule has 1 saturated heterocycles. The van der Waals surface area contributed by atoms with Crippen LogP contribution in [0.1, 0.15) is 19.8 Å². The average molecular weight is 418 g/mol. The van der Waals surface area contributed by atoms with Crippen LogP contribution in [0, 0.1) is 11.7 Å². The number of aromatic nitrogens is 3. The van der Waals surface area contributed by atoms with E-state index in [1.165, 1.54) is 43.1 Å². The van der Waals surface area contributed by atoms with Crippen LogP contribution in [0.2, 0.25) is 0 Å². The number of anilines is 2. The monoisotopic (exact) mass is 417 g/mol. The van der Waals surface area contributed by atoms with Crippen LogP contribution in [-0.2, 0) is 4.79 Å². The second kappa shape index (κ2) is 8.40. The minimum Gasteiger partial charge on any atom is -0.348 e. The van der Waals surface area contributed by atoms with Crippen molar-refractivity contribution in [3.8, 4) is 0 Å². The number of amides is 1. The molecule has 146 valence electrons. The van der Waals surface area contributed by atoms with E-state index >= 15 is 0 Å². The highest BCUT2D eigenvalue weighted by molar-refractivity contribution is 8.00. The van der Waals surface area contributed by atoms with Crippen LogP contribution < -0.4 is 10.2 Å². The fraction of sp³-hybridized carbons (Fsp3) is 0.368. The number of carbonyl (C=O) groups is 1. The van der Waals surface area contributed by atoms with Crippen LogP contribution in [-0.4, -0.2) is 39.7 Å². The highest BCUT2D eigenvalue weighted by Gasteiger charge is 2.21. The van der Waals surface area contributed by atoms with Crippen molar-refractivity contribution in [1.82, 2.24) is 15.0 Å². The molecule has 2 aromatic heterocycles. The molecule has 1 aromatic carbocycles. The van der Waals surface area contributed by atoms with E-state index in [0.29, 0.717) is 17.3 Å². The van der Waals surface area contributed by atoms with E-state index in [1.807, 2.05) is 0 Å². The van der Waals surface area contributed by atoms with E-state index in [9.17, 15) is 9.18 Å². The first-order valence-corrected chi connectivity index (χ1v) is 10.9. The predicted molar refractivity (Wildman–Crippen MR) is 112 cm³/mol. The van der Waals surface area contributed by atoms with Gasteiger partial charge in [-0.1, -0.05) is 36.1 Å². The number of benzene rings is 1. The molecular formula is C19H20FN5OS2. The van der Waals surface area contributed by atoms with Gasteiger partial charge in [-0.25, -0.2) is 14.4 Å². The zero-order valence-corrected chi connectivity index (χ0v) is 17.0. The number of hydrogen-bond acceptors (Lipinski definition) is 7. The summed E-state index contributed by atoms with van der Waals surface area (Å²) in [6.07, 6.45) is 3.91. The summed E-state index contributed by atoms with van der Waals surface area (Å²) in [5.74, 6) is 0.243. The molecule has 1 atom stereocenters. The van der Waals surface area contributed by atoms with Gasteiger partial charge in [-0.15, -0.1) is 0 Å². The fourth-order valence-electron chi connectivity index (χ4n) is 3.22. The Morgan fingerprint density at radius 2 is 2.32 bits per heavy atom. The molecule has 1 N–H and O–H groups in total. The summed E-state index contributed by atoms with van der Waals surface area (Å²) in [4.78, 5) is 27.8. The van der Waals surface area contributed by atoms with Crippen molar-refractivity contribution in [3.05, 3.63) is 36.4 Å². The van der Waals surface area contributed by atoms with E-state index in [4.69, 9.17) is 0 Å². The minimum atomic E-state index is -0.382. The van der Waals surface area contributed by atoms with Crippen molar-refractivity contribution in [2.24, 2.45) is 5.92 Å². The first-order valence-electron chi connectivity index (χ1n) is 9.13. The van der Waals surface area contributed by atoms with Crippen molar-refractivity contribution in [2.75, 3.05) is 29.1 Å². The zero-order valence-electron chi connectivity index (χ0n) is 15.4. The number of thioether (sulfide) groups is 1. The molecule has 0 spiro atoms. The number of nitrogens with one attached hydrogen (secondary N) is 1. The third kappa shape index (κ3) is 4.41. The van der Waals surface area contributed by atoms with Gasteiger partial charge in [0.2, 0.25) is 5.91 Å². The van der Waals surface area contributed by atoms with Gasteiger partial charge in [0, 0.05) is 18.8 Å². The number of fused-ring (bicyclic) bond motifs is 1. The van der Waals surface area contributed by atoms with Crippen LogP contribution >= 0.6 is 23.1 Å². The topological polar surface area (TPSA) is 71.0 Å². The van der Waals surface area contributed by atoms with Crippen molar-refractivity contribution < 1.29 is 9.18 Å². The first-order chi connectivity index (χ1) is 13.6. The normalized spacial score (nSPS) is 17.1. The summed E-state index contributed by atoms with van der Waals surface area (Å²) in [5.41, 5.74) is 1.11. The number of piperidine rings is 1. The minimum absolute atomic E-state index is 0.177. The van der Waals surface area contributed by atoms with E-state index < -0.39 is 0 Å². The molecule has 4 rings (SSSR count). The molecule has 3 heterocycles. The smallest absolute Gasteiger partial charge is 0.234 e. The van der Waals surface area contributed by atoms with Gasteiger partial charge in [-0.2, -0.15) is 4.98 Å². The lowest BCUT2D eigenvalue weighted by Crippen LogP contribution is -2.34. The quantitative estimate of drug-likeness (QED) is 0.496. The van der Waals surface area contributed by atoms with Crippen molar-refractivity contribution in [1.29, 1.82) is 0 Å². The van der Waals surface area contributed by atoms with Crippen molar-refractivity contribution in [3.63, 3.8) is 0 Å². The Kier molecular flexibility index (Phi) is 5.72. The van der Waals surface area contributed by atoms with Gasteiger partial charge in [0.25, 0.3) is 0 Å². The molecule has 6 nitrogen and oxygen atoms in total. The molecule has 1 fully saturated rings. The van der Waals surface area contributed by atoms with E-state index in [-0.39, 0.29) is 17.5 Å². The lowest BCUT2D eigenvalue weighted by molar-refractivity contribution is -0.113. The molecule has 9 heteroatoms. The van der Waals surface area contributed by atoms with Crippen LogP contribution in [0.25, 0.3) is 10.3 Å². The lowest BCUT2D eigenvalue weighted by atomic mass is 10.0. The molecule has 0 radical (unpaired) electrons. The van der Waals surface area contributed by atoms with Crippen LogP contribution in [0.15, 0.2) is 35.6 Å². The lowest BCUT2D eigenvalue weighted by Gasteiger charge is -2.30. The molecule has 0 saturated carbocycles. The Hall–Kier alpha value is -2.26. The summed E-state index contributed by atoms with van der Waals surface area (Å²) in [6.45, 7) is 4.28. The fourth-order valence-corrected chi connectivity index (χ4v) is 5.15. The Labute approximate surface area is 170 Å². The van der Waals surface area contributed by atoms with E-state index in [1.54, 1.807) is 23.5 Å². The summed E-state index contributed by atoms with van der Waals surface area (Å²) in [7, 11) is 0. The highest BCUT2D eigenvalue weighted by Crippen LogP contribution is 2.35. The van der Waals surface area contributed by atoms with Gasteiger partial charge in [-0.3, -0.25) is 4.79 Å². The number of halogens is 1. The number of rotatable bonds is 5. The Bertz CT molecular complexity index is 995. The van der Waals surface area contributed by atoms with Gasteiger partial charge in [0.15, 0.2) is 10.8 Å². The predicted octanol–water partition coefficient (Wildman–Crippen LogP) is 4.19. The van der Waals surface area contributed by atoms with Gasteiger partial charge in [-0.05, 0) is 37.0 Å². The molecule has 1 aliphatic heterocycles. The van der Waals surface area contributed by atoms with Crippen LogP contribution in [0.5, 0.6) is 0 Å². The number of carbonyl (C=O) groups excluding carboxylic acids is 1. The van der Waals surface area contributed by atoms with E-state index in [2.05, 4.69) is 32.1 Å². The molecule has 28 heavy (non-hydrogen) atoms. The molecular weight excluding hydrogens is 397 g/mol. The first kappa shape index (κ1) is 19.1. The second-order valence-corrected chi connectivity index (χ2v) is 8.81. The molecule has 3 aromatic rings. The standard InChI is InChI=1S/C19H20FN5OS2/c1-12-4-3-7-25(9-12)19-24-17-16(28-19)18(22-11-21-17)27-10-15(26)23-14-6-2-5-13(20)8-14/h2,5-6,8,11-12H,3-4,7,9-10H2,1H3,(H,23,26)/t12-/m1/s1. The highest BCUT2D eigenvalue weighted by atomic mass is 32.2. The molecule has 1 amide bonds. The summed E-state index contributed by atoms with van der Waals surface area (Å²) < 4.78 is 14.1. The maximum absolute atomic E-state index is 13.2. The number of hydrogen-bond donors (Lipinski definition) is 1. The van der Waals surface area contributed by atoms with Gasteiger partial charge in [0.05, 0.1) is 5.75 Å². The SMILES string of the molecule is C[C@@H]1CCCN(c2nc3ncnc(SCC(=O)Nc4cccc(F)c4)c3s2)C1. The summed E-state index contributed by atoms with van der Waals surface area (Å²) >= 11 is 2.91. The molecule has 0 aliphatic carbocycles. The third-order valence-electron chi connectivity index (χ3n) is 4.52. The van der Waals surface area contributed by atoms with Crippen molar-refractivity contribution in [2.45, 2.75) is 24.8 Å². The van der Waals surface area contributed by atoms with Gasteiger partial charge < -0.3 is 10.2 Å². The Morgan fingerprint density at radius 1 is 1.43 bits per heavy atom. The van der Waals surface area contributed by atoms with Crippen LogP contribution in [0.4, 0.5) is 15.2 Å². The maximum atomic E-state index is 13.2. The average Bonchev–Trinajstić information content (AvgIpc) is 3.11. The largest absolute Gasteiger partial charge is 0.348 e. The van der Waals surface area contributed by atoms with Crippen molar-refractivity contribution >= 4 is 50.2 Å². The Balaban J connectivity index is 1.45. The number of thiazole rings is 1. The maximum Gasteiger partial charge on any atom is 0.234 e. The summed E-state index contributed by atoms with van der Waals surface area (Å²) in [6, 6.07) is 5.85. The van der Waals surface area contributed by atoms with Crippen LogP contribution in [0.3, 0.4) is 0 Å². The number of nitrogens with zero attached hydrogens (tertiary/aromatic N) is 4. The zero-order chi connectivity index (χ0) is 19.5. The van der Waals surface area contributed by atoms with E-state index in [0.717, 1.165) is 27.9 Å². The third-order valence-corrected chi connectivity index (χ3v) is 6.75. The second-order valence-electron chi connectivity index (χ2n) is 6.87.